The molecule has 6 nitrogen and oxygen atoms in total. The molecule has 0 aliphatic heterocycles. The first-order valence-corrected chi connectivity index (χ1v) is 13.5. The van der Waals surface area contributed by atoms with Crippen LogP contribution in [0.4, 0.5) is 11.4 Å². The molecule has 1 aliphatic rings. The van der Waals surface area contributed by atoms with Crippen molar-refractivity contribution in [1.29, 1.82) is 0 Å². The third-order valence-corrected chi connectivity index (χ3v) is 8.02. The Hall–Kier alpha value is -3.19. The Balaban J connectivity index is 1.83. The zero-order valence-electron chi connectivity index (χ0n) is 22.6. The van der Waals surface area contributed by atoms with Crippen molar-refractivity contribution < 1.29 is 19.5 Å². The number of hydrogen-bond acceptors (Lipinski definition) is 4. The predicted molar refractivity (Wildman–Crippen MR) is 156 cm³/mol. The Morgan fingerprint density at radius 2 is 1.38 bits per heavy atom. The monoisotopic (exact) mass is 566 g/mol. The van der Waals surface area contributed by atoms with Crippen LogP contribution in [0.2, 0.25) is 10.0 Å². The van der Waals surface area contributed by atoms with Gasteiger partial charge in [-0.2, -0.15) is 0 Å². The van der Waals surface area contributed by atoms with E-state index in [1.54, 1.807) is 12.1 Å². The fraction of sp³-hybridized carbons (Fsp3) is 0.323. The van der Waals surface area contributed by atoms with Gasteiger partial charge in [0.1, 0.15) is 11.7 Å². The maximum atomic E-state index is 14.0. The van der Waals surface area contributed by atoms with Crippen molar-refractivity contribution in [2.24, 2.45) is 11.8 Å². The van der Waals surface area contributed by atoms with Crippen LogP contribution in [0.5, 0.6) is 0 Å². The van der Waals surface area contributed by atoms with Gasteiger partial charge in [-0.15, -0.1) is 0 Å². The van der Waals surface area contributed by atoms with E-state index in [1.165, 1.54) is 13.0 Å². The highest BCUT2D eigenvalue weighted by atomic mass is 35.5. The summed E-state index contributed by atoms with van der Waals surface area (Å²) in [4.78, 5) is 41.3. The van der Waals surface area contributed by atoms with Gasteiger partial charge in [-0.25, -0.2) is 0 Å². The minimum absolute atomic E-state index is 0.201. The normalized spacial score (nSPS) is 22.9. The first-order valence-electron chi connectivity index (χ1n) is 12.7. The second-order valence-corrected chi connectivity index (χ2v) is 11.6. The largest absolute Gasteiger partial charge is 0.389 e. The topological polar surface area (TPSA) is 95.5 Å². The molecule has 8 heteroatoms. The van der Waals surface area contributed by atoms with Gasteiger partial charge in [-0.1, -0.05) is 53.5 Å². The minimum atomic E-state index is -1.75. The molecule has 0 spiro atoms. The molecule has 0 heterocycles. The van der Waals surface area contributed by atoms with Crippen LogP contribution >= 0.6 is 23.2 Å². The molecule has 1 saturated carbocycles. The third kappa shape index (κ3) is 6.03. The fourth-order valence-electron chi connectivity index (χ4n) is 5.40. The van der Waals surface area contributed by atoms with E-state index >= 15 is 0 Å². The maximum absolute atomic E-state index is 14.0. The number of amides is 2. The summed E-state index contributed by atoms with van der Waals surface area (Å²) in [6.07, 6.45) is -0.371. The van der Waals surface area contributed by atoms with Crippen LogP contribution in [-0.2, 0) is 14.4 Å². The minimum Gasteiger partial charge on any atom is -0.389 e. The highest BCUT2D eigenvalue weighted by Gasteiger charge is 2.56. The number of nitrogens with one attached hydrogen (secondary N) is 2. The molecule has 4 rings (SSSR count). The molecule has 0 radical (unpaired) electrons. The van der Waals surface area contributed by atoms with Crippen LogP contribution in [0, 0.1) is 39.5 Å². The SMILES string of the molecule is Cc1ccc(C)c(NC(=O)C2C(=O)CC(C)(O)C(C(=O)Nc3cc(C)ccc3C)C2c2ccc(Cl)cc2Cl)c1. The van der Waals surface area contributed by atoms with Crippen molar-refractivity contribution in [2.75, 3.05) is 10.6 Å². The van der Waals surface area contributed by atoms with E-state index in [0.29, 0.717) is 22.0 Å². The molecule has 1 aliphatic carbocycles. The molecule has 39 heavy (non-hydrogen) atoms. The molecule has 3 aromatic rings. The van der Waals surface area contributed by atoms with E-state index in [1.807, 2.05) is 64.1 Å². The standard InChI is InChI=1S/C31H32Cl2N2O4/c1-16-6-8-18(3)23(12-16)34-29(37)27-25(36)15-31(5,39)28(26(27)21-11-10-20(32)14-22(21)33)30(38)35-24-13-17(2)7-9-19(24)4/h6-14,26-28,39H,15H2,1-5H3,(H,34,37)(H,35,38). The van der Waals surface area contributed by atoms with E-state index < -0.39 is 41.0 Å². The van der Waals surface area contributed by atoms with Crippen LogP contribution in [0.3, 0.4) is 0 Å². The van der Waals surface area contributed by atoms with E-state index in [0.717, 1.165) is 22.3 Å². The highest BCUT2D eigenvalue weighted by molar-refractivity contribution is 6.35. The van der Waals surface area contributed by atoms with Crippen LogP contribution in [0.1, 0.15) is 47.1 Å². The first kappa shape index (κ1) is 28.8. The van der Waals surface area contributed by atoms with Crippen molar-refractivity contribution >= 4 is 52.2 Å². The van der Waals surface area contributed by atoms with Gasteiger partial charge in [0, 0.05) is 33.8 Å². The number of ketones is 1. The van der Waals surface area contributed by atoms with Crippen LogP contribution in [0.15, 0.2) is 54.6 Å². The lowest BCUT2D eigenvalue weighted by Gasteiger charge is -2.44. The average molecular weight is 568 g/mol. The molecular weight excluding hydrogens is 535 g/mol. The van der Waals surface area contributed by atoms with Crippen molar-refractivity contribution in [2.45, 2.75) is 52.6 Å². The second kappa shape index (κ2) is 11.1. The number of carbonyl (C=O) groups excluding carboxylic acids is 3. The molecule has 3 aromatic carbocycles. The van der Waals surface area contributed by atoms with Crippen molar-refractivity contribution in [3.05, 3.63) is 92.5 Å². The number of carbonyl (C=O) groups is 3. The average Bonchev–Trinajstić information content (AvgIpc) is 2.82. The van der Waals surface area contributed by atoms with E-state index in [-0.39, 0.29) is 11.4 Å². The van der Waals surface area contributed by atoms with Crippen LogP contribution in [-0.4, -0.2) is 28.3 Å². The molecular formula is C31H32Cl2N2O4. The molecule has 0 bridgehead atoms. The zero-order valence-corrected chi connectivity index (χ0v) is 24.1. The maximum Gasteiger partial charge on any atom is 0.235 e. The van der Waals surface area contributed by atoms with Crippen LogP contribution < -0.4 is 10.6 Å². The molecule has 0 saturated heterocycles. The van der Waals surface area contributed by atoms with E-state index in [9.17, 15) is 19.5 Å². The molecule has 3 N–H and O–H groups in total. The zero-order chi connectivity index (χ0) is 28.6. The molecule has 1 fully saturated rings. The molecule has 2 amide bonds. The lowest BCUT2D eigenvalue weighted by molar-refractivity contribution is -0.150. The molecule has 204 valence electrons. The lowest BCUT2D eigenvalue weighted by atomic mass is 9.61. The molecule has 4 atom stereocenters. The van der Waals surface area contributed by atoms with Crippen LogP contribution in [0.25, 0.3) is 0 Å². The summed E-state index contributed by atoms with van der Waals surface area (Å²) in [5, 5.41) is 17.9. The Morgan fingerprint density at radius 3 is 1.92 bits per heavy atom. The summed E-state index contributed by atoms with van der Waals surface area (Å²) in [7, 11) is 0. The summed E-state index contributed by atoms with van der Waals surface area (Å²) in [5.74, 6) is -5.07. The number of aliphatic hydroxyl groups is 1. The van der Waals surface area contributed by atoms with Gasteiger partial charge in [-0.3, -0.25) is 14.4 Å². The molecule has 0 aromatic heterocycles. The van der Waals surface area contributed by atoms with Gasteiger partial charge < -0.3 is 15.7 Å². The Morgan fingerprint density at radius 1 is 0.846 bits per heavy atom. The Kier molecular flexibility index (Phi) is 8.22. The summed E-state index contributed by atoms with van der Waals surface area (Å²) in [5.41, 5.74) is 3.36. The van der Waals surface area contributed by atoms with Gasteiger partial charge in [-0.05, 0) is 86.7 Å². The van der Waals surface area contributed by atoms with Gasteiger partial charge in [0.25, 0.3) is 0 Å². The van der Waals surface area contributed by atoms with Crippen molar-refractivity contribution in [3.63, 3.8) is 0 Å². The number of rotatable bonds is 5. The third-order valence-electron chi connectivity index (χ3n) is 7.46. The Bertz CT molecular complexity index is 1470. The van der Waals surface area contributed by atoms with Gasteiger partial charge in [0.05, 0.1) is 11.5 Å². The van der Waals surface area contributed by atoms with Crippen molar-refractivity contribution in [1.82, 2.24) is 0 Å². The van der Waals surface area contributed by atoms with Gasteiger partial charge in [0.2, 0.25) is 11.8 Å². The Labute approximate surface area is 238 Å². The second-order valence-electron chi connectivity index (χ2n) is 10.8. The summed E-state index contributed by atoms with van der Waals surface area (Å²) in [6.45, 7) is 8.99. The lowest BCUT2D eigenvalue weighted by Crippen LogP contribution is -2.56. The summed E-state index contributed by atoms with van der Waals surface area (Å²) < 4.78 is 0. The number of hydrogen-bond donors (Lipinski definition) is 3. The number of Topliss-reactive ketones (excluding diaryl/α,β-unsaturated/α-hetero) is 1. The quantitative estimate of drug-likeness (QED) is 0.305. The number of benzene rings is 3. The number of anilines is 2. The smallest absolute Gasteiger partial charge is 0.235 e. The number of aryl methyl sites for hydroxylation is 4. The summed E-state index contributed by atoms with van der Waals surface area (Å²) in [6, 6.07) is 16.0. The highest BCUT2D eigenvalue weighted by Crippen LogP contribution is 2.48. The van der Waals surface area contributed by atoms with Gasteiger partial charge >= 0.3 is 0 Å². The number of halogens is 2. The fourth-order valence-corrected chi connectivity index (χ4v) is 5.93. The van der Waals surface area contributed by atoms with Crippen molar-refractivity contribution in [3.8, 4) is 0 Å². The first-order chi connectivity index (χ1) is 18.3. The van der Waals surface area contributed by atoms with E-state index in [4.69, 9.17) is 23.2 Å². The molecule has 4 unspecified atom stereocenters. The predicted octanol–water partition coefficient (Wildman–Crippen LogP) is 6.54. The summed E-state index contributed by atoms with van der Waals surface area (Å²) >= 11 is 12.8. The van der Waals surface area contributed by atoms with E-state index in [2.05, 4.69) is 10.6 Å². The van der Waals surface area contributed by atoms with Gasteiger partial charge in [0.15, 0.2) is 0 Å².